The molecule has 0 bridgehead atoms. The first-order valence-electron chi connectivity index (χ1n) is 14.6. The molecule has 11 heteroatoms. The van der Waals surface area contributed by atoms with Crippen molar-refractivity contribution in [2.24, 2.45) is 0 Å². The van der Waals surface area contributed by atoms with Gasteiger partial charge in [0, 0.05) is 39.1 Å². The second-order valence-corrected chi connectivity index (χ2v) is 15.1. The Hall–Kier alpha value is -3.56. The van der Waals surface area contributed by atoms with Gasteiger partial charge >= 0.3 is 0 Å². The van der Waals surface area contributed by atoms with Crippen molar-refractivity contribution in [3.63, 3.8) is 0 Å². The number of rotatable bonds is 11. The first-order chi connectivity index (χ1) is 21.7. The fourth-order valence-corrected chi connectivity index (χ4v) is 6.89. The smallest absolute Gasteiger partial charge is 0.264 e. The number of amides is 2. The Kier molecular flexibility index (Phi) is 11.4. The van der Waals surface area contributed by atoms with Gasteiger partial charge in [0.05, 0.1) is 10.6 Å². The van der Waals surface area contributed by atoms with E-state index >= 15 is 0 Å². The quantitative estimate of drug-likeness (QED) is 0.174. The SMILES string of the molecule is Cc1ccc(S(=O)(=O)N(CC(=O)N(Cc2c(Cl)cccc2Cl)C(Cc2ccccc2)C(=O)NC(C)(C)C)c2ccc(Cl)cc2)cc1. The first kappa shape index (κ1) is 35.3. The number of sulfonamides is 1. The van der Waals surface area contributed by atoms with E-state index in [1.165, 1.54) is 29.2 Å². The van der Waals surface area contributed by atoms with Gasteiger partial charge in [-0.25, -0.2) is 8.42 Å². The highest BCUT2D eigenvalue weighted by molar-refractivity contribution is 7.92. The molecule has 242 valence electrons. The number of hydrogen-bond donors (Lipinski definition) is 1. The summed E-state index contributed by atoms with van der Waals surface area (Å²) in [5, 5.41) is 4.01. The molecule has 0 aliphatic carbocycles. The van der Waals surface area contributed by atoms with E-state index < -0.39 is 40.0 Å². The lowest BCUT2D eigenvalue weighted by Gasteiger charge is -2.35. The van der Waals surface area contributed by atoms with E-state index in [9.17, 15) is 18.0 Å². The lowest BCUT2D eigenvalue weighted by Crippen LogP contribution is -2.56. The van der Waals surface area contributed by atoms with Crippen LogP contribution in [0.4, 0.5) is 5.69 Å². The minimum absolute atomic E-state index is 0.00728. The summed E-state index contributed by atoms with van der Waals surface area (Å²) in [7, 11) is -4.25. The number of nitrogens with zero attached hydrogens (tertiary/aromatic N) is 2. The molecule has 0 heterocycles. The van der Waals surface area contributed by atoms with E-state index in [-0.39, 0.29) is 23.5 Å². The van der Waals surface area contributed by atoms with Gasteiger partial charge in [-0.2, -0.15) is 0 Å². The van der Waals surface area contributed by atoms with Crippen LogP contribution in [0.15, 0.2) is 102 Å². The summed E-state index contributed by atoms with van der Waals surface area (Å²) in [6.45, 7) is 6.62. The van der Waals surface area contributed by atoms with Crippen molar-refractivity contribution >= 4 is 62.3 Å². The van der Waals surface area contributed by atoms with E-state index in [0.29, 0.717) is 20.6 Å². The average Bonchev–Trinajstić information content (AvgIpc) is 2.99. The monoisotopic (exact) mass is 699 g/mol. The van der Waals surface area contributed by atoms with Gasteiger partial charge < -0.3 is 10.2 Å². The molecule has 46 heavy (non-hydrogen) atoms. The van der Waals surface area contributed by atoms with Crippen molar-refractivity contribution in [3.8, 4) is 0 Å². The van der Waals surface area contributed by atoms with Crippen LogP contribution >= 0.6 is 34.8 Å². The van der Waals surface area contributed by atoms with Crippen LogP contribution in [0.2, 0.25) is 15.1 Å². The topological polar surface area (TPSA) is 86.8 Å². The van der Waals surface area contributed by atoms with Crippen molar-refractivity contribution in [2.75, 3.05) is 10.8 Å². The third-order valence-electron chi connectivity index (χ3n) is 7.16. The summed E-state index contributed by atoms with van der Waals surface area (Å²) in [4.78, 5) is 29.9. The van der Waals surface area contributed by atoms with Crippen molar-refractivity contribution < 1.29 is 18.0 Å². The first-order valence-corrected chi connectivity index (χ1v) is 17.2. The molecule has 0 fully saturated rings. The van der Waals surface area contributed by atoms with Crippen LogP contribution < -0.4 is 9.62 Å². The average molecular weight is 701 g/mol. The summed E-state index contributed by atoms with van der Waals surface area (Å²) in [5.41, 5.74) is 1.73. The number of aryl methyl sites for hydroxylation is 1. The van der Waals surface area contributed by atoms with Gasteiger partial charge in [0.2, 0.25) is 11.8 Å². The number of nitrogens with one attached hydrogen (secondary N) is 1. The van der Waals surface area contributed by atoms with Crippen LogP contribution in [-0.2, 0) is 32.6 Å². The van der Waals surface area contributed by atoms with Gasteiger partial charge in [0.1, 0.15) is 12.6 Å². The van der Waals surface area contributed by atoms with Crippen LogP contribution in [-0.4, -0.2) is 43.3 Å². The minimum Gasteiger partial charge on any atom is -0.350 e. The fourth-order valence-electron chi connectivity index (χ4n) is 4.83. The van der Waals surface area contributed by atoms with Gasteiger partial charge in [-0.05, 0) is 81.8 Å². The molecule has 0 saturated carbocycles. The second kappa shape index (κ2) is 14.9. The Morgan fingerprint density at radius 2 is 1.39 bits per heavy atom. The van der Waals surface area contributed by atoms with E-state index in [0.717, 1.165) is 15.4 Å². The Morgan fingerprint density at radius 3 is 1.96 bits per heavy atom. The molecule has 0 radical (unpaired) electrons. The number of carbonyl (C=O) groups is 2. The summed E-state index contributed by atoms with van der Waals surface area (Å²) >= 11 is 19.3. The Balaban J connectivity index is 1.85. The molecule has 0 aromatic heterocycles. The molecule has 0 saturated heterocycles. The molecule has 4 rings (SSSR count). The molecule has 1 atom stereocenters. The molecule has 1 N–H and O–H groups in total. The lowest BCUT2D eigenvalue weighted by molar-refractivity contribution is -0.140. The van der Waals surface area contributed by atoms with Crippen molar-refractivity contribution in [2.45, 2.75) is 57.1 Å². The highest BCUT2D eigenvalue weighted by Gasteiger charge is 2.36. The molecule has 4 aromatic carbocycles. The molecule has 0 aliphatic rings. The summed E-state index contributed by atoms with van der Waals surface area (Å²) in [6, 6.07) is 25.8. The molecular formula is C35H36Cl3N3O4S. The van der Waals surface area contributed by atoms with E-state index in [2.05, 4.69) is 5.32 Å². The Morgan fingerprint density at radius 1 is 0.804 bits per heavy atom. The van der Waals surface area contributed by atoms with Crippen molar-refractivity contribution in [1.29, 1.82) is 0 Å². The van der Waals surface area contributed by atoms with E-state index in [1.807, 2.05) is 58.0 Å². The summed E-state index contributed by atoms with van der Waals surface area (Å²) in [5.74, 6) is -1.04. The van der Waals surface area contributed by atoms with Gasteiger partial charge in [0.25, 0.3) is 10.0 Å². The second-order valence-electron chi connectivity index (χ2n) is 12.0. The number of hydrogen-bond acceptors (Lipinski definition) is 4. The van der Waals surface area contributed by atoms with Gasteiger partial charge in [0.15, 0.2) is 0 Å². The number of anilines is 1. The van der Waals surface area contributed by atoms with Crippen LogP contribution in [0.3, 0.4) is 0 Å². The predicted molar refractivity (Wildman–Crippen MR) is 186 cm³/mol. The predicted octanol–water partition coefficient (Wildman–Crippen LogP) is 7.71. The standard InChI is InChI=1S/C35H36Cl3N3O4S/c1-24-13-19-28(20-14-24)46(44,45)41(27-17-15-26(36)16-18-27)23-33(42)40(22-29-30(37)11-8-12-31(29)38)32(34(43)39-35(2,3)4)21-25-9-6-5-7-10-25/h5-20,32H,21-23H2,1-4H3,(H,39,43). The molecule has 1 unspecified atom stereocenters. The zero-order chi connectivity index (χ0) is 33.6. The normalized spacial score (nSPS) is 12.3. The maximum atomic E-state index is 14.6. The van der Waals surface area contributed by atoms with Crippen LogP contribution in [0, 0.1) is 6.92 Å². The van der Waals surface area contributed by atoms with Gasteiger partial charge in [-0.15, -0.1) is 0 Å². The molecule has 7 nitrogen and oxygen atoms in total. The van der Waals surface area contributed by atoms with Crippen molar-refractivity contribution in [1.82, 2.24) is 10.2 Å². The zero-order valence-corrected chi connectivity index (χ0v) is 29.1. The van der Waals surface area contributed by atoms with Crippen LogP contribution in [0.25, 0.3) is 0 Å². The third-order valence-corrected chi connectivity index (χ3v) is 9.91. The highest BCUT2D eigenvalue weighted by atomic mass is 35.5. The van der Waals surface area contributed by atoms with E-state index in [1.54, 1.807) is 42.5 Å². The zero-order valence-electron chi connectivity index (χ0n) is 26.0. The Labute approximate surface area is 286 Å². The third kappa shape index (κ3) is 9.04. The number of halogens is 3. The molecule has 2 amide bonds. The number of benzene rings is 4. The van der Waals surface area contributed by atoms with E-state index in [4.69, 9.17) is 34.8 Å². The van der Waals surface area contributed by atoms with Crippen molar-refractivity contribution in [3.05, 3.63) is 129 Å². The largest absolute Gasteiger partial charge is 0.350 e. The van der Waals surface area contributed by atoms with Crippen LogP contribution in [0.5, 0.6) is 0 Å². The molecular weight excluding hydrogens is 665 g/mol. The fraction of sp³-hybridized carbons (Fsp3) is 0.257. The maximum absolute atomic E-state index is 14.6. The number of carbonyl (C=O) groups excluding carboxylic acids is 2. The van der Waals surface area contributed by atoms with Gasteiger partial charge in [-0.3, -0.25) is 13.9 Å². The molecule has 0 aliphatic heterocycles. The highest BCUT2D eigenvalue weighted by Crippen LogP contribution is 2.30. The minimum atomic E-state index is -4.25. The molecule has 0 spiro atoms. The van der Waals surface area contributed by atoms with Gasteiger partial charge in [-0.1, -0.05) is 88.9 Å². The lowest BCUT2D eigenvalue weighted by atomic mass is 10.0. The summed E-state index contributed by atoms with van der Waals surface area (Å²) in [6.07, 6.45) is 0.155. The Bertz CT molecular complexity index is 1760. The molecule has 4 aromatic rings. The van der Waals surface area contributed by atoms with Crippen LogP contribution in [0.1, 0.15) is 37.5 Å². The maximum Gasteiger partial charge on any atom is 0.264 e. The summed E-state index contributed by atoms with van der Waals surface area (Å²) < 4.78 is 29.3.